The molecule has 2 aromatic rings. The Bertz CT molecular complexity index is 531. The van der Waals surface area contributed by atoms with E-state index in [1.807, 2.05) is 25.1 Å². The third-order valence-corrected chi connectivity index (χ3v) is 2.87. The lowest BCUT2D eigenvalue weighted by Crippen LogP contribution is -2.31. The van der Waals surface area contributed by atoms with Gasteiger partial charge in [-0.2, -0.15) is 0 Å². The SMILES string of the molecule is Cc1cc(OCCc2ccccn2)ccc1B(O)O. The van der Waals surface area contributed by atoms with Crippen LogP contribution in [0, 0.1) is 6.92 Å². The van der Waals surface area contributed by atoms with Crippen molar-refractivity contribution < 1.29 is 14.8 Å². The highest BCUT2D eigenvalue weighted by Crippen LogP contribution is 2.12. The molecular weight excluding hydrogens is 241 g/mol. The minimum Gasteiger partial charge on any atom is -0.493 e. The molecule has 1 heterocycles. The van der Waals surface area contributed by atoms with Crippen molar-refractivity contribution >= 4 is 12.6 Å². The van der Waals surface area contributed by atoms with E-state index < -0.39 is 7.12 Å². The zero-order valence-electron chi connectivity index (χ0n) is 10.8. The van der Waals surface area contributed by atoms with Gasteiger partial charge in [0.15, 0.2) is 0 Å². The van der Waals surface area contributed by atoms with E-state index in [1.165, 1.54) is 0 Å². The number of pyridine rings is 1. The van der Waals surface area contributed by atoms with E-state index in [4.69, 9.17) is 14.8 Å². The number of rotatable bonds is 5. The molecule has 0 aliphatic rings. The van der Waals surface area contributed by atoms with Crippen molar-refractivity contribution in [3.8, 4) is 5.75 Å². The van der Waals surface area contributed by atoms with Gasteiger partial charge in [0.05, 0.1) is 6.61 Å². The maximum absolute atomic E-state index is 9.13. The van der Waals surface area contributed by atoms with Gasteiger partial charge in [-0.3, -0.25) is 4.98 Å². The number of nitrogens with zero attached hydrogens (tertiary/aromatic N) is 1. The highest BCUT2D eigenvalue weighted by molar-refractivity contribution is 6.59. The van der Waals surface area contributed by atoms with Crippen molar-refractivity contribution in [1.29, 1.82) is 0 Å². The second-order valence-electron chi connectivity index (χ2n) is 4.31. The van der Waals surface area contributed by atoms with E-state index in [9.17, 15) is 0 Å². The summed E-state index contributed by atoms with van der Waals surface area (Å²) in [6.07, 6.45) is 2.50. The lowest BCUT2D eigenvalue weighted by molar-refractivity contribution is 0.320. The van der Waals surface area contributed by atoms with Crippen molar-refractivity contribution in [3.05, 3.63) is 53.9 Å². The van der Waals surface area contributed by atoms with Crippen LogP contribution in [0.2, 0.25) is 0 Å². The Kier molecular flexibility index (Phi) is 4.55. The van der Waals surface area contributed by atoms with Crippen LogP contribution in [0.25, 0.3) is 0 Å². The molecule has 0 saturated heterocycles. The molecule has 2 N–H and O–H groups in total. The van der Waals surface area contributed by atoms with Crippen molar-refractivity contribution in [2.24, 2.45) is 0 Å². The predicted octanol–water partition coefficient (Wildman–Crippen LogP) is 0.691. The van der Waals surface area contributed by atoms with Gasteiger partial charge in [-0.15, -0.1) is 0 Å². The molecule has 98 valence electrons. The molecule has 5 heteroatoms. The third kappa shape index (κ3) is 3.81. The number of benzene rings is 1. The van der Waals surface area contributed by atoms with Crippen LogP contribution in [0.4, 0.5) is 0 Å². The van der Waals surface area contributed by atoms with E-state index >= 15 is 0 Å². The summed E-state index contributed by atoms with van der Waals surface area (Å²) in [6.45, 7) is 2.36. The number of aryl methyl sites for hydroxylation is 1. The fraction of sp³-hybridized carbons (Fsp3) is 0.214. The number of aromatic nitrogens is 1. The first-order valence-corrected chi connectivity index (χ1v) is 6.16. The second-order valence-corrected chi connectivity index (χ2v) is 4.31. The Hall–Kier alpha value is -1.85. The smallest absolute Gasteiger partial charge is 0.488 e. The Balaban J connectivity index is 1.92. The lowest BCUT2D eigenvalue weighted by Gasteiger charge is -2.09. The first-order chi connectivity index (χ1) is 9.16. The van der Waals surface area contributed by atoms with Crippen LogP contribution in [0.1, 0.15) is 11.3 Å². The molecule has 0 aliphatic heterocycles. The van der Waals surface area contributed by atoms with Crippen molar-refractivity contribution in [3.63, 3.8) is 0 Å². The lowest BCUT2D eigenvalue weighted by atomic mass is 9.77. The number of hydrogen-bond acceptors (Lipinski definition) is 4. The maximum atomic E-state index is 9.13. The molecule has 0 amide bonds. The first-order valence-electron chi connectivity index (χ1n) is 6.16. The summed E-state index contributed by atoms with van der Waals surface area (Å²) in [6, 6.07) is 11.0. The fourth-order valence-corrected chi connectivity index (χ4v) is 1.85. The molecule has 0 unspecified atom stereocenters. The van der Waals surface area contributed by atoms with Crippen LogP contribution < -0.4 is 10.2 Å². The molecular formula is C14H16BNO3. The highest BCUT2D eigenvalue weighted by Gasteiger charge is 2.13. The van der Waals surface area contributed by atoms with Crippen LogP contribution in [0.5, 0.6) is 5.75 Å². The van der Waals surface area contributed by atoms with Crippen LogP contribution >= 0.6 is 0 Å². The molecule has 0 fully saturated rings. The van der Waals surface area contributed by atoms with Gasteiger partial charge >= 0.3 is 7.12 Å². The summed E-state index contributed by atoms with van der Waals surface area (Å²) in [4.78, 5) is 4.22. The summed E-state index contributed by atoms with van der Waals surface area (Å²) in [7, 11) is -1.44. The van der Waals surface area contributed by atoms with Gasteiger partial charge in [-0.25, -0.2) is 0 Å². The van der Waals surface area contributed by atoms with Gasteiger partial charge < -0.3 is 14.8 Å². The number of ether oxygens (including phenoxy) is 1. The monoisotopic (exact) mass is 257 g/mol. The molecule has 4 nitrogen and oxygen atoms in total. The fourth-order valence-electron chi connectivity index (χ4n) is 1.85. The quantitative estimate of drug-likeness (QED) is 0.773. The Morgan fingerprint density at radius 2 is 2.05 bits per heavy atom. The maximum Gasteiger partial charge on any atom is 0.488 e. The van der Waals surface area contributed by atoms with Gasteiger partial charge in [0.1, 0.15) is 5.75 Å². The third-order valence-electron chi connectivity index (χ3n) is 2.87. The van der Waals surface area contributed by atoms with Crippen molar-refractivity contribution in [1.82, 2.24) is 4.98 Å². The van der Waals surface area contributed by atoms with Crippen molar-refractivity contribution in [2.45, 2.75) is 13.3 Å². The molecule has 0 atom stereocenters. The largest absolute Gasteiger partial charge is 0.493 e. The highest BCUT2D eigenvalue weighted by atomic mass is 16.5. The zero-order valence-corrected chi connectivity index (χ0v) is 10.8. The summed E-state index contributed by atoms with van der Waals surface area (Å²) in [5.74, 6) is 0.720. The standard InChI is InChI=1S/C14H16BNO3/c1-11-10-13(5-6-14(11)15(17)18)19-9-7-12-4-2-3-8-16-12/h2-6,8,10,17-18H,7,9H2,1H3. The number of hydrogen-bond donors (Lipinski definition) is 2. The Morgan fingerprint density at radius 1 is 1.21 bits per heavy atom. The van der Waals surface area contributed by atoms with E-state index in [0.29, 0.717) is 12.1 Å². The summed E-state index contributed by atoms with van der Waals surface area (Å²) >= 11 is 0. The normalized spacial score (nSPS) is 10.3. The van der Waals surface area contributed by atoms with E-state index in [0.717, 1.165) is 23.4 Å². The van der Waals surface area contributed by atoms with Gasteiger partial charge in [-0.05, 0) is 42.2 Å². The molecule has 1 aromatic carbocycles. The minimum atomic E-state index is -1.44. The molecule has 19 heavy (non-hydrogen) atoms. The first kappa shape index (κ1) is 13.6. The van der Waals surface area contributed by atoms with Crippen LogP contribution in [-0.4, -0.2) is 28.8 Å². The van der Waals surface area contributed by atoms with Gasteiger partial charge in [0.2, 0.25) is 0 Å². The summed E-state index contributed by atoms with van der Waals surface area (Å²) in [5.41, 5.74) is 2.28. The zero-order chi connectivity index (χ0) is 13.7. The molecule has 0 radical (unpaired) electrons. The van der Waals surface area contributed by atoms with Crippen molar-refractivity contribution in [2.75, 3.05) is 6.61 Å². The molecule has 2 rings (SSSR count). The van der Waals surface area contributed by atoms with E-state index in [-0.39, 0.29) is 0 Å². The second kappa shape index (κ2) is 6.36. The topological polar surface area (TPSA) is 62.6 Å². The van der Waals surface area contributed by atoms with Gasteiger partial charge in [-0.1, -0.05) is 12.1 Å². The molecule has 1 aromatic heterocycles. The van der Waals surface area contributed by atoms with Gasteiger partial charge in [0.25, 0.3) is 0 Å². The Morgan fingerprint density at radius 3 is 2.68 bits per heavy atom. The predicted molar refractivity (Wildman–Crippen MR) is 74.4 cm³/mol. The van der Waals surface area contributed by atoms with Crippen LogP contribution in [-0.2, 0) is 6.42 Å². The van der Waals surface area contributed by atoms with E-state index in [1.54, 1.807) is 24.4 Å². The average Bonchev–Trinajstić information content (AvgIpc) is 2.39. The molecule has 0 bridgehead atoms. The Labute approximate surface area is 112 Å². The minimum absolute atomic E-state index is 0.497. The molecule has 0 aliphatic carbocycles. The average molecular weight is 257 g/mol. The van der Waals surface area contributed by atoms with E-state index in [2.05, 4.69) is 4.98 Å². The summed E-state index contributed by atoms with van der Waals surface area (Å²) in [5, 5.41) is 18.3. The van der Waals surface area contributed by atoms with Crippen LogP contribution in [0.3, 0.4) is 0 Å². The van der Waals surface area contributed by atoms with Crippen LogP contribution in [0.15, 0.2) is 42.6 Å². The summed E-state index contributed by atoms with van der Waals surface area (Å²) < 4.78 is 5.62. The molecule has 0 spiro atoms. The van der Waals surface area contributed by atoms with Gasteiger partial charge in [0, 0.05) is 18.3 Å². The molecule has 0 saturated carbocycles.